The Bertz CT molecular complexity index is 1290. The molecule has 164 valence electrons. The van der Waals surface area contributed by atoms with Crippen LogP contribution in [-0.2, 0) is 0 Å². The normalized spacial score (nSPS) is 12.5. The Morgan fingerprint density at radius 3 is 2.00 bits per heavy atom. The summed E-state index contributed by atoms with van der Waals surface area (Å²) in [5.74, 6) is -3.19. The number of para-hydroxylation sites is 1. The van der Waals surface area contributed by atoms with E-state index in [0.717, 1.165) is 10.5 Å². The number of carbonyl (C=O) groups excluding carboxylic acids is 4. The van der Waals surface area contributed by atoms with Crippen molar-refractivity contribution in [1.82, 2.24) is 10.0 Å². The summed E-state index contributed by atoms with van der Waals surface area (Å²) < 4.78 is 0.729. The van der Waals surface area contributed by atoms with E-state index < -0.39 is 40.7 Å². The summed E-state index contributed by atoms with van der Waals surface area (Å²) in [7, 11) is 0. The summed E-state index contributed by atoms with van der Waals surface area (Å²) in [6.07, 6.45) is 0. The van der Waals surface area contributed by atoms with Gasteiger partial charge in [-0.15, -0.1) is 0 Å². The summed E-state index contributed by atoms with van der Waals surface area (Å²) in [6.45, 7) is -0.683. The number of carbonyl (C=O) groups is 4. The fourth-order valence-electron chi connectivity index (χ4n) is 3.44. The molecular formula is C23H14BrN3O6. The van der Waals surface area contributed by atoms with Crippen LogP contribution in [0.3, 0.4) is 0 Å². The Balaban J connectivity index is 1.78. The van der Waals surface area contributed by atoms with Crippen LogP contribution in [0.15, 0.2) is 77.3 Å². The molecule has 1 aliphatic heterocycles. The van der Waals surface area contributed by atoms with Crippen LogP contribution in [0.5, 0.6) is 0 Å². The molecule has 1 heterocycles. The van der Waals surface area contributed by atoms with Gasteiger partial charge in [0.25, 0.3) is 23.4 Å². The van der Waals surface area contributed by atoms with Crippen molar-refractivity contribution in [2.75, 3.05) is 6.54 Å². The minimum Gasteiger partial charge on any atom is -0.292 e. The number of Topliss-reactive ketones (excluding diaryl/α,β-unsaturated/α-hetero) is 1. The lowest BCUT2D eigenvalue weighted by Gasteiger charge is -2.29. The maximum atomic E-state index is 13.4. The van der Waals surface area contributed by atoms with E-state index in [0.29, 0.717) is 10.0 Å². The zero-order chi connectivity index (χ0) is 23.7. The van der Waals surface area contributed by atoms with Gasteiger partial charge in [-0.2, -0.15) is 5.01 Å². The first-order valence-corrected chi connectivity index (χ1v) is 10.4. The van der Waals surface area contributed by atoms with Crippen LogP contribution >= 0.6 is 15.9 Å². The second kappa shape index (κ2) is 8.75. The standard InChI is InChI=1S/C23H14BrN3O6/c24-15-11-9-14(10-12-15)20(28)13-25(21(29)18-7-3-4-8-19(18)27(32)33)26-22(30)16-5-1-2-6-17(16)23(26)31/h1-12H,13H2. The van der Waals surface area contributed by atoms with Gasteiger partial charge in [0.15, 0.2) is 5.78 Å². The molecule has 9 nitrogen and oxygen atoms in total. The Morgan fingerprint density at radius 2 is 1.42 bits per heavy atom. The Morgan fingerprint density at radius 1 is 0.879 bits per heavy atom. The van der Waals surface area contributed by atoms with Crippen LogP contribution in [-0.4, -0.2) is 45.0 Å². The van der Waals surface area contributed by atoms with E-state index in [-0.39, 0.29) is 22.3 Å². The third kappa shape index (κ3) is 4.03. The smallest absolute Gasteiger partial charge is 0.282 e. The molecule has 3 amide bonds. The van der Waals surface area contributed by atoms with Gasteiger partial charge >= 0.3 is 0 Å². The van der Waals surface area contributed by atoms with Crippen molar-refractivity contribution in [3.8, 4) is 0 Å². The van der Waals surface area contributed by atoms with Gasteiger partial charge in [-0.05, 0) is 30.3 Å². The van der Waals surface area contributed by atoms with Crippen molar-refractivity contribution < 1.29 is 24.1 Å². The van der Waals surface area contributed by atoms with Crippen molar-refractivity contribution in [3.05, 3.63) is 110 Å². The van der Waals surface area contributed by atoms with Crippen LogP contribution in [0.4, 0.5) is 5.69 Å². The van der Waals surface area contributed by atoms with Gasteiger partial charge in [-0.3, -0.25) is 29.3 Å². The number of hydrazine groups is 1. The Hall–Kier alpha value is -4.18. The average molecular weight is 508 g/mol. The third-order valence-corrected chi connectivity index (χ3v) is 5.57. The molecule has 0 saturated carbocycles. The molecule has 0 atom stereocenters. The number of imide groups is 1. The lowest BCUT2D eigenvalue weighted by atomic mass is 10.1. The maximum Gasteiger partial charge on any atom is 0.282 e. The van der Waals surface area contributed by atoms with E-state index in [2.05, 4.69) is 15.9 Å². The van der Waals surface area contributed by atoms with Gasteiger partial charge in [-0.25, -0.2) is 5.01 Å². The summed E-state index contributed by atoms with van der Waals surface area (Å²) in [4.78, 5) is 63.2. The van der Waals surface area contributed by atoms with Crippen LogP contribution in [0.2, 0.25) is 0 Å². The molecule has 0 N–H and O–H groups in total. The van der Waals surface area contributed by atoms with Gasteiger partial charge < -0.3 is 0 Å². The van der Waals surface area contributed by atoms with Crippen molar-refractivity contribution in [2.24, 2.45) is 0 Å². The van der Waals surface area contributed by atoms with Crippen LogP contribution in [0.25, 0.3) is 0 Å². The van der Waals surface area contributed by atoms with Crippen molar-refractivity contribution >= 4 is 45.1 Å². The molecule has 0 bridgehead atoms. The van der Waals surface area contributed by atoms with E-state index in [1.54, 1.807) is 24.3 Å². The first-order chi connectivity index (χ1) is 15.8. The second-order valence-electron chi connectivity index (χ2n) is 7.03. The number of nitrogens with zero attached hydrogens (tertiary/aromatic N) is 3. The van der Waals surface area contributed by atoms with Crippen LogP contribution < -0.4 is 0 Å². The number of fused-ring (bicyclic) bond motifs is 1. The van der Waals surface area contributed by atoms with Gasteiger partial charge in [0.1, 0.15) is 12.1 Å². The summed E-state index contributed by atoms with van der Waals surface area (Å²) in [5, 5.41) is 12.7. The zero-order valence-corrected chi connectivity index (χ0v) is 18.4. The topological polar surface area (TPSA) is 118 Å². The van der Waals surface area contributed by atoms with E-state index in [9.17, 15) is 29.3 Å². The molecule has 4 rings (SSSR count). The monoisotopic (exact) mass is 507 g/mol. The highest BCUT2D eigenvalue weighted by molar-refractivity contribution is 9.10. The molecule has 0 unspecified atom stereocenters. The SMILES string of the molecule is O=C(CN(C(=O)c1ccccc1[N+](=O)[O-])N1C(=O)c2ccccc2C1=O)c1ccc(Br)cc1. The molecule has 0 saturated heterocycles. The first kappa shape index (κ1) is 22.0. The highest BCUT2D eigenvalue weighted by atomic mass is 79.9. The van der Waals surface area contributed by atoms with Crippen molar-refractivity contribution in [1.29, 1.82) is 0 Å². The number of ketones is 1. The van der Waals surface area contributed by atoms with Crippen LogP contribution in [0.1, 0.15) is 41.4 Å². The molecule has 0 fully saturated rings. The highest BCUT2D eigenvalue weighted by Gasteiger charge is 2.43. The molecule has 1 aliphatic rings. The molecule has 0 spiro atoms. The number of hydrogen-bond acceptors (Lipinski definition) is 6. The number of nitro groups is 1. The lowest BCUT2D eigenvalue weighted by molar-refractivity contribution is -0.385. The number of nitro benzene ring substituents is 1. The van der Waals surface area contributed by atoms with Crippen molar-refractivity contribution in [3.63, 3.8) is 0 Å². The maximum absolute atomic E-state index is 13.4. The summed E-state index contributed by atoms with van der Waals surface area (Å²) in [5.41, 5.74) is -0.504. The van der Waals surface area contributed by atoms with E-state index in [1.165, 1.54) is 42.5 Å². The predicted octanol–water partition coefficient (Wildman–Crippen LogP) is 3.89. The first-order valence-electron chi connectivity index (χ1n) is 9.61. The minimum absolute atomic E-state index is 0.0685. The molecule has 0 aliphatic carbocycles. The highest BCUT2D eigenvalue weighted by Crippen LogP contribution is 2.27. The Labute approximate surface area is 195 Å². The molecule has 0 aromatic heterocycles. The molecule has 3 aromatic carbocycles. The van der Waals surface area contributed by atoms with E-state index >= 15 is 0 Å². The zero-order valence-electron chi connectivity index (χ0n) is 16.8. The lowest BCUT2D eigenvalue weighted by Crippen LogP contribution is -2.51. The Kier molecular flexibility index (Phi) is 5.84. The van der Waals surface area contributed by atoms with Crippen molar-refractivity contribution in [2.45, 2.75) is 0 Å². The quantitative estimate of drug-likeness (QED) is 0.216. The van der Waals surface area contributed by atoms with E-state index in [4.69, 9.17) is 0 Å². The van der Waals surface area contributed by atoms with Gasteiger partial charge in [-0.1, -0.05) is 52.3 Å². The van der Waals surface area contributed by atoms with Crippen LogP contribution in [0, 0.1) is 10.1 Å². The molecular weight excluding hydrogens is 494 g/mol. The number of rotatable bonds is 6. The molecule has 33 heavy (non-hydrogen) atoms. The molecule has 10 heteroatoms. The van der Waals surface area contributed by atoms with Gasteiger partial charge in [0, 0.05) is 16.1 Å². The number of benzene rings is 3. The average Bonchev–Trinajstić information content (AvgIpc) is 3.07. The number of hydrogen-bond donors (Lipinski definition) is 0. The number of halogens is 1. The molecule has 3 aromatic rings. The summed E-state index contributed by atoms with van der Waals surface area (Å²) >= 11 is 3.27. The second-order valence-corrected chi connectivity index (χ2v) is 7.95. The number of amides is 3. The minimum atomic E-state index is -1.03. The summed E-state index contributed by atoms with van der Waals surface area (Å²) in [6, 6.07) is 17.4. The fraction of sp³-hybridized carbons (Fsp3) is 0.0435. The predicted molar refractivity (Wildman–Crippen MR) is 120 cm³/mol. The van der Waals surface area contributed by atoms with E-state index in [1.807, 2.05) is 0 Å². The third-order valence-electron chi connectivity index (χ3n) is 5.04. The molecule has 0 radical (unpaired) electrons. The largest absolute Gasteiger partial charge is 0.292 e. The fourth-order valence-corrected chi connectivity index (χ4v) is 3.71. The van der Waals surface area contributed by atoms with Gasteiger partial charge in [0.2, 0.25) is 0 Å². The van der Waals surface area contributed by atoms with Gasteiger partial charge in [0.05, 0.1) is 16.1 Å².